The van der Waals surface area contributed by atoms with Gasteiger partial charge in [0, 0.05) is 0 Å². The molecule has 11 heavy (non-hydrogen) atoms. The smallest absolute Gasteiger partial charge is 0.126 e. The van der Waals surface area contributed by atoms with Crippen molar-refractivity contribution in [1.29, 1.82) is 0 Å². The normalized spacial score (nSPS) is 10.1. The lowest BCUT2D eigenvalue weighted by molar-refractivity contribution is 0.615. The zero-order chi connectivity index (χ0) is 8.27. The molecule has 2 heteroatoms. The Kier molecular flexibility index (Phi) is 2.60. The molecule has 60 valence electrons. The molecule has 0 fully saturated rings. The third-order valence-electron chi connectivity index (χ3n) is 1.79. The SMILES string of the molecule is Cc1c(F)cccc1CCN. The zero-order valence-electron chi connectivity index (χ0n) is 6.60. The first-order chi connectivity index (χ1) is 5.25. The molecule has 0 radical (unpaired) electrons. The molecular weight excluding hydrogens is 141 g/mol. The Bertz CT molecular complexity index is 245. The van der Waals surface area contributed by atoms with Crippen LogP contribution in [-0.4, -0.2) is 6.54 Å². The van der Waals surface area contributed by atoms with Crippen molar-refractivity contribution >= 4 is 0 Å². The standard InChI is InChI=1S/C9H12FN/c1-7-8(5-6-11)3-2-4-9(7)10/h2-4H,5-6,11H2,1H3. The van der Waals surface area contributed by atoms with Crippen molar-refractivity contribution in [3.8, 4) is 0 Å². The monoisotopic (exact) mass is 153 g/mol. The maximum atomic E-state index is 12.9. The molecule has 0 spiro atoms. The third-order valence-corrected chi connectivity index (χ3v) is 1.79. The van der Waals surface area contributed by atoms with Crippen LogP contribution in [-0.2, 0) is 6.42 Å². The maximum absolute atomic E-state index is 12.9. The van der Waals surface area contributed by atoms with E-state index in [2.05, 4.69) is 0 Å². The van der Waals surface area contributed by atoms with Gasteiger partial charge in [-0.15, -0.1) is 0 Å². The van der Waals surface area contributed by atoms with Crippen LogP contribution in [0.4, 0.5) is 4.39 Å². The van der Waals surface area contributed by atoms with Crippen LogP contribution >= 0.6 is 0 Å². The molecule has 0 aliphatic rings. The Balaban J connectivity index is 2.96. The van der Waals surface area contributed by atoms with Crippen molar-refractivity contribution in [3.63, 3.8) is 0 Å². The Hall–Kier alpha value is -0.890. The third kappa shape index (κ3) is 1.77. The summed E-state index contributed by atoms with van der Waals surface area (Å²) < 4.78 is 12.9. The number of hydrogen-bond donors (Lipinski definition) is 1. The summed E-state index contributed by atoms with van der Waals surface area (Å²) in [5, 5.41) is 0. The summed E-state index contributed by atoms with van der Waals surface area (Å²) in [6, 6.07) is 5.09. The van der Waals surface area contributed by atoms with Crippen LogP contribution in [0.15, 0.2) is 18.2 Å². The van der Waals surface area contributed by atoms with E-state index in [9.17, 15) is 4.39 Å². The highest BCUT2D eigenvalue weighted by molar-refractivity contribution is 5.27. The molecule has 1 rings (SSSR count). The number of rotatable bonds is 2. The topological polar surface area (TPSA) is 26.0 Å². The average molecular weight is 153 g/mol. The van der Waals surface area contributed by atoms with E-state index in [1.54, 1.807) is 13.0 Å². The summed E-state index contributed by atoms with van der Waals surface area (Å²) in [7, 11) is 0. The predicted octanol–water partition coefficient (Wildman–Crippen LogP) is 1.64. The van der Waals surface area contributed by atoms with Crippen LogP contribution < -0.4 is 5.73 Å². The number of halogens is 1. The lowest BCUT2D eigenvalue weighted by atomic mass is 10.1. The van der Waals surface area contributed by atoms with Crippen molar-refractivity contribution in [1.82, 2.24) is 0 Å². The van der Waals surface area contributed by atoms with E-state index in [-0.39, 0.29) is 5.82 Å². The first kappa shape index (κ1) is 8.21. The van der Waals surface area contributed by atoms with E-state index in [0.29, 0.717) is 6.54 Å². The van der Waals surface area contributed by atoms with Gasteiger partial charge in [0.15, 0.2) is 0 Å². The quantitative estimate of drug-likeness (QED) is 0.686. The second-order valence-electron chi connectivity index (χ2n) is 2.56. The van der Waals surface area contributed by atoms with Crippen LogP contribution in [0.5, 0.6) is 0 Å². The molecule has 0 amide bonds. The van der Waals surface area contributed by atoms with E-state index >= 15 is 0 Å². The minimum Gasteiger partial charge on any atom is -0.330 e. The van der Waals surface area contributed by atoms with Crippen LogP contribution in [0.25, 0.3) is 0 Å². The molecule has 0 unspecified atom stereocenters. The van der Waals surface area contributed by atoms with Gasteiger partial charge < -0.3 is 5.73 Å². The summed E-state index contributed by atoms with van der Waals surface area (Å²) in [6.45, 7) is 2.35. The molecule has 0 atom stereocenters. The molecule has 2 N–H and O–H groups in total. The highest BCUT2D eigenvalue weighted by Crippen LogP contribution is 2.11. The molecule has 0 saturated carbocycles. The number of benzene rings is 1. The van der Waals surface area contributed by atoms with Gasteiger partial charge in [-0.3, -0.25) is 0 Å². The van der Waals surface area contributed by atoms with Crippen LogP contribution in [0.3, 0.4) is 0 Å². The van der Waals surface area contributed by atoms with Crippen LogP contribution in [0, 0.1) is 12.7 Å². The Morgan fingerprint density at radius 1 is 1.45 bits per heavy atom. The van der Waals surface area contributed by atoms with E-state index in [1.807, 2.05) is 6.07 Å². The zero-order valence-corrected chi connectivity index (χ0v) is 6.60. The highest BCUT2D eigenvalue weighted by Gasteiger charge is 2.00. The predicted molar refractivity (Wildman–Crippen MR) is 43.9 cm³/mol. The molecule has 0 aliphatic carbocycles. The van der Waals surface area contributed by atoms with Gasteiger partial charge in [-0.1, -0.05) is 12.1 Å². The Labute approximate surface area is 66.0 Å². The van der Waals surface area contributed by atoms with Gasteiger partial charge in [-0.25, -0.2) is 4.39 Å². The maximum Gasteiger partial charge on any atom is 0.126 e. The van der Waals surface area contributed by atoms with Crippen molar-refractivity contribution in [2.75, 3.05) is 6.54 Å². The second-order valence-corrected chi connectivity index (χ2v) is 2.56. The van der Waals surface area contributed by atoms with E-state index in [0.717, 1.165) is 17.5 Å². The van der Waals surface area contributed by atoms with E-state index in [1.165, 1.54) is 6.07 Å². The molecule has 0 aromatic heterocycles. The summed E-state index contributed by atoms with van der Waals surface area (Å²) in [4.78, 5) is 0. The van der Waals surface area contributed by atoms with Crippen molar-refractivity contribution < 1.29 is 4.39 Å². The van der Waals surface area contributed by atoms with Gasteiger partial charge in [0.25, 0.3) is 0 Å². The summed E-state index contributed by atoms with van der Waals surface area (Å²) >= 11 is 0. The lowest BCUT2D eigenvalue weighted by Gasteiger charge is -2.03. The van der Waals surface area contributed by atoms with Crippen molar-refractivity contribution in [2.45, 2.75) is 13.3 Å². The highest BCUT2D eigenvalue weighted by atomic mass is 19.1. The van der Waals surface area contributed by atoms with Crippen LogP contribution in [0.1, 0.15) is 11.1 Å². The average Bonchev–Trinajstić information content (AvgIpc) is 1.99. The van der Waals surface area contributed by atoms with Gasteiger partial charge >= 0.3 is 0 Å². The first-order valence-corrected chi connectivity index (χ1v) is 3.69. The molecule has 0 bridgehead atoms. The molecule has 0 aliphatic heterocycles. The molecule has 0 heterocycles. The second kappa shape index (κ2) is 3.49. The van der Waals surface area contributed by atoms with Gasteiger partial charge in [0.05, 0.1) is 0 Å². The summed E-state index contributed by atoms with van der Waals surface area (Å²) in [5.41, 5.74) is 7.08. The van der Waals surface area contributed by atoms with Crippen LogP contribution in [0.2, 0.25) is 0 Å². The molecule has 1 aromatic carbocycles. The Morgan fingerprint density at radius 3 is 2.82 bits per heavy atom. The molecule has 1 aromatic rings. The van der Waals surface area contributed by atoms with E-state index < -0.39 is 0 Å². The van der Waals surface area contributed by atoms with Gasteiger partial charge in [0.1, 0.15) is 5.82 Å². The lowest BCUT2D eigenvalue weighted by Crippen LogP contribution is -2.04. The Morgan fingerprint density at radius 2 is 2.18 bits per heavy atom. The fourth-order valence-electron chi connectivity index (χ4n) is 1.08. The summed E-state index contributed by atoms with van der Waals surface area (Å²) in [5.74, 6) is -0.143. The fourth-order valence-corrected chi connectivity index (χ4v) is 1.08. The molecule has 1 nitrogen and oxygen atoms in total. The fraction of sp³-hybridized carbons (Fsp3) is 0.333. The first-order valence-electron chi connectivity index (χ1n) is 3.69. The van der Waals surface area contributed by atoms with Crippen molar-refractivity contribution in [2.24, 2.45) is 5.73 Å². The van der Waals surface area contributed by atoms with Crippen molar-refractivity contribution in [3.05, 3.63) is 35.1 Å². The number of nitrogens with two attached hydrogens (primary N) is 1. The minimum atomic E-state index is -0.143. The van der Waals surface area contributed by atoms with E-state index in [4.69, 9.17) is 5.73 Å². The van der Waals surface area contributed by atoms with Gasteiger partial charge in [-0.05, 0) is 37.1 Å². The van der Waals surface area contributed by atoms with Gasteiger partial charge in [0.2, 0.25) is 0 Å². The molecular formula is C9H12FN. The largest absolute Gasteiger partial charge is 0.330 e. The minimum absolute atomic E-state index is 0.143. The summed E-state index contributed by atoms with van der Waals surface area (Å²) in [6.07, 6.45) is 0.754. The number of hydrogen-bond acceptors (Lipinski definition) is 1. The molecule has 0 saturated heterocycles. The van der Waals surface area contributed by atoms with Gasteiger partial charge in [-0.2, -0.15) is 0 Å².